The minimum absolute atomic E-state index is 0.0399. The highest BCUT2D eigenvalue weighted by molar-refractivity contribution is 7.89. The van der Waals surface area contributed by atoms with Gasteiger partial charge in [-0.3, -0.25) is 14.9 Å². The van der Waals surface area contributed by atoms with E-state index in [1.54, 1.807) is 12.1 Å². The predicted octanol–water partition coefficient (Wildman–Crippen LogP) is 2.60. The maximum Gasteiger partial charge on any atom is 0.271 e. The van der Waals surface area contributed by atoms with E-state index in [0.717, 1.165) is 5.56 Å². The third-order valence-corrected chi connectivity index (χ3v) is 7.35. The van der Waals surface area contributed by atoms with Gasteiger partial charge < -0.3 is 9.64 Å². The molecule has 2 heterocycles. The molecule has 2 atom stereocenters. The average Bonchev–Trinajstić information content (AvgIpc) is 3.15. The second kappa shape index (κ2) is 8.03. The van der Waals surface area contributed by atoms with Crippen molar-refractivity contribution in [3.05, 3.63) is 63.7 Å². The van der Waals surface area contributed by atoms with Gasteiger partial charge in [-0.05, 0) is 44.0 Å². The summed E-state index contributed by atoms with van der Waals surface area (Å²) in [6.07, 6.45) is 0.140. The topological polar surface area (TPSA) is 110 Å². The number of rotatable bonds is 4. The molecule has 2 aromatic carbocycles. The molecule has 10 heteroatoms. The summed E-state index contributed by atoms with van der Waals surface area (Å²) in [4.78, 5) is 25.3. The summed E-state index contributed by atoms with van der Waals surface area (Å²) in [5.41, 5.74) is 1.46. The highest BCUT2D eigenvalue weighted by Gasteiger charge is 2.33. The van der Waals surface area contributed by atoms with E-state index in [1.165, 1.54) is 39.5 Å². The van der Waals surface area contributed by atoms with E-state index in [1.807, 2.05) is 13.8 Å². The first kappa shape index (κ1) is 21.4. The SMILES string of the molecule is CC1CN(S(=O)(=O)c2cccc(C(=O)N3CCc4ccc([N+](=O)[O-])cc43)c2)CC(C)O1. The number of fused-ring (bicyclic) bond motifs is 1. The molecular weight excluding hydrogens is 422 g/mol. The van der Waals surface area contributed by atoms with Crippen LogP contribution in [-0.2, 0) is 21.2 Å². The van der Waals surface area contributed by atoms with Gasteiger partial charge in [0.15, 0.2) is 0 Å². The van der Waals surface area contributed by atoms with Crippen LogP contribution in [-0.4, -0.2) is 55.4 Å². The quantitative estimate of drug-likeness (QED) is 0.528. The van der Waals surface area contributed by atoms with Gasteiger partial charge in [0.25, 0.3) is 11.6 Å². The van der Waals surface area contributed by atoms with Crippen LogP contribution in [0.25, 0.3) is 0 Å². The Morgan fingerprint density at radius 1 is 1.13 bits per heavy atom. The molecule has 2 unspecified atom stereocenters. The summed E-state index contributed by atoms with van der Waals surface area (Å²) in [6.45, 7) is 4.51. The van der Waals surface area contributed by atoms with Crippen molar-refractivity contribution in [3.63, 3.8) is 0 Å². The lowest BCUT2D eigenvalue weighted by atomic mass is 10.1. The molecule has 0 N–H and O–H groups in total. The fourth-order valence-electron chi connectivity index (χ4n) is 4.11. The number of carbonyl (C=O) groups is 1. The largest absolute Gasteiger partial charge is 0.373 e. The Morgan fingerprint density at radius 2 is 1.84 bits per heavy atom. The lowest BCUT2D eigenvalue weighted by molar-refractivity contribution is -0.384. The van der Waals surface area contributed by atoms with Crippen LogP contribution in [0.1, 0.15) is 29.8 Å². The van der Waals surface area contributed by atoms with Crippen LogP contribution in [0.5, 0.6) is 0 Å². The first-order chi connectivity index (χ1) is 14.7. The van der Waals surface area contributed by atoms with Crippen LogP contribution in [0.3, 0.4) is 0 Å². The monoisotopic (exact) mass is 445 g/mol. The van der Waals surface area contributed by atoms with Crippen molar-refractivity contribution in [2.24, 2.45) is 0 Å². The summed E-state index contributed by atoms with van der Waals surface area (Å²) in [5.74, 6) is -0.389. The Kier molecular flexibility index (Phi) is 5.54. The van der Waals surface area contributed by atoms with E-state index in [0.29, 0.717) is 18.7 Å². The zero-order valence-corrected chi connectivity index (χ0v) is 18.0. The summed E-state index contributed by atoms with van der Waals surface area (Å²) >= 11 is 0. The van der Waals surface area contributed by atoms with Crippen molar-refractivity contribution in [3.8, 4) is 0 Å². The molecular formula is C21H23N3O6S. The van der Waals surface area contributed by atoms with Crippen LogP contribution in [0, 0.1) is 10.1 Å². The van der Waals surface area contributed by atoms with Gasteiger partial charge in [0, 0.05) is 37.3 Å². The number of non-ortho nitro benzene ring substituents is 1. The smallest absolute Gasteiger partial charge is 0.271 e. The standard InChI is InChI=1S/C21H23N3O6S/c1-14-12-22(13-15(2)30-14)31(28,29)19-5-3-4-17(10-19)21(25)23-9-8-16-6-7-18(24(26)27)11-20(16)23/h3-7,10-11,14-15H,8-9,12-13H2,1-2H3. The van der Waals surface area contributed by atoms with Crippen molar-refractivity contribution in [2.45, 2.75) is 37.4 Å². The fourth-order valence-corrected chi connectivity index (χ4v) is 5.75. The number of sulfonamides is 1. The molecule has 2 aromatic rings. The average molecular weight is 445 g/mol. The number of nitro groups is 1. The molecule has 1 amide bonds. The summed E-state index contributed by atoms with van der Waals surface area (Å²) < 4.78 is 33.3. The molecule has 2 aliphatic heterocycles. The molecule has 31 heavy (non-hydrogen) atoms. The Labute approximate surface area is 180 Å². The minimum Gasteiger partial charge on any atom is -0.373 e. The number of benzene rings is 2. The number of amides is 1. The zero-order valence-electron chi connectivity index (χ0n) is 17.2. The number of nitro benzene ring substituents is 1. The number of nitrogens with zero attached hydrogens (tertiary/aromatic N) is 3. The molecule has 0 aliphatic carbocycles. The lowest BCUT2D eigenvalue weighted by Crippen LogP contribution is -2.48. The number of carbonyl (C=O) groups excluding carboxylic acids is 1. The molecule has 1 fully saturated rings. The normalized spacial score (nSPS) is 21.7. The van der Waals surface area contributed by atoms with E-state index in [9.17, 15) is 23.3 Å². The molecule has 164 valence electrons. The highest BCUT2D eigenvalue weighted by atomic mass is 32.2. The molecule has 0 aromatic heterocycles. The maximum absolute atomic E-state index is 13.2. The van der Waals surface area contributed by atoms with Gasteiger partial charge in [0.05, 0.1) is 27.7 Å². The lowest BCUT2D eigenvalue weighted by Gasteiger charge is -2.34. The van der Waals surface area contributed by atoms with Crippen molar-refractivity contribution in [2.75, 3.05) is 24.5 Å². The van der Waals surface area contributed by atoms with E-state index >= 15 is 0 Å². The molecule has 2 aliphatic rings. The molecule has 0 radical (unpaired) electrons. The van der Waals surface area contributed by atoms with Gasteiger partial charge in [-0.1, -0.05) is 12.1 Å². The van der Waals surface area contributed by atoms with Crippen molar-refractivity contribution in [1.29, 1.82) is 0 Å². The molecule has 0 spiro atoms. The van der Waals surface area contributed by atoms with Gasteiger partial charge in [-0.2, -0.15) is 4.31 Å². The van der Waals surface area contributed by atoms with Crippen LogP contribution in [0.2, 0.25) is 0 Å². The summed E-state index contributed by atoms with van der Waals surface area (Å²) in [5, 5.41) is 11.1. The summed E-state index contributed by atoms with van der Waals surface area (Å²) in [7, 11) is -3.79. The minimum atomic E-state index is -3.79. The second-order valence-electron chi connectivity index (χ2n) is 7.88. The molecule has 0 saturated carbocycles. The molecule has 0 bridgehead atoms. The second-order valence-corrected chi connectivity index (χ2v) is 9.82. The van der Waals surface area contributed by atoms with Gasteiger partial charge in [-0.15, -0.1) is 0 Å². The van der Waals surface area contributed by atoms with Crippen molar-refractivity contribution in [1.82, 2.24) is 4.31 Å². The van der Waals surface area contributed by atoms with Crippen LogP contribution < -0.4 is 4.90 Å². The third kappa shape index (κ3) is 4.06. The van der Waals surface area contributed by atoms with E-state index in [-0.39, 0.29) is 47.4 Å². The van der Waals surface area contributed by atoms with Gasteiger partial charge in [-0.25, -0.2) is 8.42 Å². The predicted molar refractivity (Wildman–Crippen MR) is 114 cm³/mol. The zero-order chi connectivity index (χ0) is 22.3. The number of hydrogen-bond donors (Lipinski definition) is 0. The Balaban J connectivity index is 1.63. The van der Waals surface area contributed by atoms with Gasteiger partial charge >= 0.3 is 0 Å². The van der Waals surface area contributed by atoms with E-state index in [4.69, 9.17) is 4.74 Å². The Hall–Kier alpha value is -2.82. The molecule has 9 nitrogen and oxygen atoms in total. The molecule has 4 rings (SSSR count). The number of anilines is 1. The number of ether oxygens (including phenoxy) is 1. The van der Waals surface area contributed by atoms with E-state index < -0.39 is 14.9 Å². The van der Waals surface area contributed by atoms with Gasteiger partial charge in [0.1, 0.15) is 0 Å². The Bertz CT molecular complexity index is 1140. The highest BCUT2D eigenvalue weighted by Crippen LogP contribution is 2.33. The van der Waals surface area contributed by atoms with Crippen LogP contribution in [0.15, 0.2) is 47.4 Å². The van der Waals surface area contributed by atoms with Crippen molar-refractivity contribution >= 4 is 27.3 Å². The first-order valence-corrected chi connectivity index (χ1v) is 11.5. The van der Waals surface area contributed by atoms with Gasteiger partial charge in [0.2, 0.25) is 10.0 Å². The number of hydrogen-bond acceptors (Lipinski definition) is 6. The Morgan fingerprint density at radius 3 is 2.52 bits per heavy atom. The third-order valence-electron chi connectivity index (χ3n) is 5.53. The van der Waals surface area contributed by atoms with Crippen molar-refractivity contribution < 1.29 is 22.9 Å². The summed E-state index contributed by atoms with van der Waals surface area (Å²) in [6, 6.07) is 10.4. The molecule has 1 saturated heterocycles. The van der Waals surface area contributed by atoms with Crippen LogP contribution >= 0.6 is 0 Å². The maximum atomic E-state index is 13.2. The first-order valence-electron chi connectivity index (χ1n) is 10.0. The van der Waals surface area contributed by atoms with E-state index in [2.05, 4.69) is 0 Å². The van der Waals surface area contributed by atoms with Crippen LogP contribution in [0.4, 0.5) is 11.4 Å². The number of morpholine rings is 1. The fraction of sp³-hybridized carbons (Fsp3) is 0.381.